The molecule has 2 heterocycles. The van der Waals surface area contributed by atoms with Crippen LogP contribution in [0, 0.1) is 0 Å². The molecule has 1 fully saturated rings. The maximum atomic E-state index is 13.4. The van der Waals surface area contributed by atoms with Gasteiger partial charge in [-0.25, -0.2) is 18.4 Å². The molecule has 0 spiro atoms. The molecule has 0 radical (unpaired) electrons. The van der Waals surface area contributed by atoms with Crippen molar-refractivity contribution in [1.82, 2.24) is 14.3 Å². The summed E-state index contributed by atoms with van der Waals surface area (Å²) >= 11 is 3.30. The highest BCUT2D eigenvalue weighted by Crippen LogP contribution is 2.30. The normalized spacial score (nSPS) is 18.0. The van der Waals surface area contributed by atoms with E-state index in [0.717, 1.165) is 28.1 Å². The predicted octanol–water partition coefficient (Wildman–Crippen LogP) is 3.66. The third-order valence-corrected chi connectivity index (χ3v) is 7.20. The fourth-order valence-corrected chi connectivity index (χ4v) is 5.60. The van der Waals surface area contributed by atoms with E-state index in [1.165, 1.54) is 0 Å². The lowest BCUT2D eigenvalue weighted by Gasteiger charge is -2.25. The van der Waals surface area contributed by atoms with E-state index >= 15 is 0 Å². The summed E-state index contributed by atoms with van der Waals surface area (Å²) in [6.07, 6.45) is 4.98. The zero-order valence-electron chi connectivity index (χ0n) is 14.5. The number of hydrogen-bond acceptors (Lipinski definition) is 5. The van der Waals surface area contributed by atoms with E-state index < -0.39 is 10.0 Å². The third-order valence-electron chi connectivity index (χ3n) is 4.78. The monoisotopic (exact) mass is 446 g/mol. The fourth-order valence-electron chi connectivity index (χ4n) is 3.49. The van der Waals surface area contributed by atoms with Gasteiger partial charge in [0.05, 0.1) is 9.37 Å². The first-order valence-corrected chi connectivity index (χ1v) is 11.0. The van der Waals surface area contributed by atoms with Crippen molar-refractivity contribution < 1.29 is 8.42 Å². The first-order valence-electron chi connectivity index (χ1n) is 8.77. The van der Waals surface area contributed by atoms with Crippen molar-refractivity contribution >= 4 is 42.7 Å². The van der Waals surface area contributed by atoms with Gasteiger partial charge in [0.2, 0.25) is 16.0 Å². The van der Waals surface area contributed by atoms with Crippen LogP contribution < -0.4 is 5.32 Å². The molecule has 3 aromatic rings. The Morgan fingerprint density at radius 1 is 1.11 bits per heavy atom. The minimum absolute atomic E-state index is 0.124. The summed E-state index contributed by atoms with van der Waals surface area (Å²) in [6.45, 7) is 1.00. The summed E-state index contributed by atoms with van der Waals surface area (Å²) in [4.78, 5) is 8.74. The Kier molecular flexibility index (Phi) is 5.12. The van der Waals surface area contributed by atoms with Gasteiger partial charge in [0.15, 0.2) is 0 Å². The Morgan fingerprint density at radius 2 is 1.85 bits per heavy atom. The molecule has 4 rings (SSSR count). The number of aromatic nitrogens is 2. The third kappa shape index (κ3) is 3.69. The van der Waals surface area contributed by atoms with Crippen LogP contribution in [0.1, 0.15) is 12.8 Å². The summed E-state index contributed by atoms with van der Waals surface area (Å²) in [5.41, 5.74) is 0. The van der Waals surface area contributed by atoms with Gasteiger partial charge < -0.3 is 5.32 Å². The molecule has 6 nitrogen and oxygen atoms in total. The highest BCUT2D eigenvalue weighted by molar-refractivity contribution is 9.10. The van der Waals surface area contributed by atoms with Crippen LogP contribution in [0.3, 0.4) is 0 Å². The van der Waals surface area contributed by atoms with Gasteiger partial charge >= 0.3 is 0 Å². The Hall–Kier alpha value is -2.03. The first-order chi connectivity index (χ1) is 13.1. The molecule has 1 aliphatic heterocycles. The standard InChI is InChI=1S/C19H19BrN4O2S/c20-15-11-21-19(22-12-15)23-13-16-7-4-10-24(16)27(25,26)18-9-3-6-14-5-1-2-8-17(14)18/h1-3,5-6,8-9,11-12,16H,4,7,10,13H2,(H,21,22,23). The molecule has 140 valence electrons. The molecule has 27 heavy (non-hydrogen) atoms. The lowest BCUT2D eigenvalue weighted by atomic mass is 10.1. The largest absolute Gasteiger partial charge is 0.353 e. The number of halogens is 1. The van der Waals surface area contributed by atoms with E-state index in [4.69, 9.17) is 0 Å². The van der Waals surface area contributed by atoms with Crippen LogP contribution in [0.25, 0.3) is 10.8 Å². The molecular weight excluding hydrogens is 428 g/mol. The minimum atomic E-state index is -3.58. The van der Waals surface area contributed by atoms with Crippen molar-refractivity contribution in [2.75, 3.05) is 18.4 Å². The van der Waals surface area contributed by atoms with Gasteiger partial charge in [-0.15, -0.1) is 0 Å². The molecule has 1 aliphatic rings. The fraction of sp³-hybridized carbons (Fsp3) is 0.263. The summed E-state index contributed by atoms with van der Waals surface area (Å²) < 4.78 is 29.2. The molecule has 8 heteroatoms. The molecular formula is C19H19BrN4O2S. The molecule has 2 aromatic carbocycles. The van der Waals surface area contributed by atoms with Gasteiger partial charge in [-0.3, -0.25) is 0 Å². The summed E-state index contributed by atoms with van der Waals surface area (Å²) in [7, 11) is -3.58. The second-order valence-corrected chi connectivity index (χ2v) is 9.27. The number of benzene rings is 2. The number of fused-ring (bicyclic) bond motifs is 1. The Bertz CT molecular complexity index is 1050. The van der Waals surface area contributed by atoms with Crippen LogP contribution in [0.15, 0.2) is 64.2 Å². The van der Waals surface area contributed by atoms with Crippen LogP contribution >= 0.6 is 15.9 Å². The number of rotatable bonds is 5. The molecule has 0 amide bonds. The Balaban J connectivity index is 1.59. The van der Waals surface area contributed by atoms with Crippen molar-refractivity contribution in [1.29, 1.82) is 0 Å². The van der Waals surface area contributed by atoms with Gasteiger partial charge in [-0.05, 0) is 40.2 Å². The van der Waals surface area contributed by atoms with E-state index in [1.54, 1.807) is 28.8 Å². The molecule has 0 bridgehead atoms. The van der Waals surface area contributed by atoms with Crippen molar-refractivity contribution in [2.45, 2.75) is 23.8 Å². The van der Waals surface area contributed by atoms with Gasteiger partial charge in [-0.1, -0.05) is 36.4 Å². The average Bonchev–Trinajstić information content (AvgIpc) is 3.17. The molecule has 1 unspecified atom stereocenters. The second-order valence-electron chi connectivity index (χ2n) is 6.49. The van der Waals surface area contributed by atoms with E-state index in [9.17, 15) is 8.42 Å². The number of hydrogen-bond donors (Lipinski definition) is 1. The zero-order chi connectivity index (χ0) is 18.9. The molecule has 0 saturated carbocycles. The summed E-state index contributed by atoms with van der Waals surface area (Å²) in [5.74, 6) is 0.493. The molecule has 1 saturated heterocycles. The number of sulfonamides is 1. The molecule has 1 N–H and O–H groups in total. The number of nitrogens with zero attached hydrogens (tertiary/aromatic N) is 3. The number of anilines is 1. The van der Waals surface area contributed by atoms with Crippen LogP contribution in [0.5, 0.6) is 0 Å². The lowest BCUT2D eigenvalue weighted by Crippen LogP contribution is -2.39. The van der Waals surface area contributed by atoms with Crippen LogP contribution in [0.4, 0.5) is 5.95 Å². The quantitative estimate of drug-likeness (QED) is 0.646. The van der Waals surface area contributed by atoms with Crippen LogP contribution in [-0.2, 0) is 10.0 Å². The average molecular weight is 447 g/mol. The lowest BCUT2D eigenvalue weighted by molar-refractivity contribution is 0.399. The zero-order valence-corrected chi connectivity index (χ0v) is 16.9. The van der Waals surface area contributed by atoms with Gasteiger partial charge in [0.25, 0.3) is 0 Å². The smallest absolute Gasteiger partial charge is 0.244 e. The van der Waals surface area contributed by atoms with Crippen molar-refractivity contribution in [2.24, 2.45) is 0 Å². The van der Waals surface area contributed by atoms with E-state index in [1.807, 2.05) is 30.3 Å². The van der Waals surface area contributed by atoms with Gasteiger partial charge in [0, 0.05) is 36.9 Å². The van der Waals surface area contributed by atoms with Crippen molar-refractivity contribution in [3.63, 3.8) is 0 Å². The topological polar surface area (TPSA) is 75.2 Å². The summed E-state index contributed by atoms with van der Waals surface area (Å²) in [6, 6.07) is 12.9. The van der Waals surface area contributed by atoms with Crippen molar-refractivity contribution in [3.05, 3.63) is 59.3 Å². The first kappa shape index (κ1) is 18.3. The van der Waals surface area contributed by atoms with Gasteiger partial charge in [0.1, 0.15) is 0 Å². The van der Waals surface area contributed by atoms with E-state index in [-0.39, 0.29) is 6.04 Å². The second kappa shape index (κ2) is 7.53. The number of nitrogens with one attached hydrogen (secondary N) is 1. The van der Waals surface area contributed by atoms with E-state index in [0.29, 0.717) is 23.9 Å². The molecule has 1 aromatic heterocycles. The van der Waals surface area contributed by atoms with Crippen LogP contribution in [-0.4, -0.2) is 41.8 Å². The van der Waals surface area contributed by atoms with E-state index in [2.05, 4.69) is 31.2 Å². The van der Waals surface area contributed by atoms with Gasteiger partial charge in [-0.2, -0.15) is 4.31 Å². The Labute approximate surface area is 166 Å². The Morgan fingerprint density at radius 3 is 2.67 bits per heavy atom. The molecule has 1 atom stereocenters. The predicted molar refractivity (Wildman–Crippen MR) is 109 cm³/mol. The highest BCUT2D eigenvalue weighted by atomic mass is 79.9. The summed E-state index contributed by atoms with van der Waals surface area (Å²) in [5, 5.41) is 4.84. The maximum Gasteiger partial charge on any atom is 0.244 e. The SMILES string of the molecule is O=S(=O)(c1cccc2ccccc12)N1CCCC1CNc1ncc(Br)cn1. The molecule has 0 aliphatic carbocycles. The van der Waals surface area contributed by atoms with Crippen molar-refractivity contribution in [3.8, 4) is 0 Å². The maximum absolute atomic E-state index is 13.4. The minimum Gasteiger partial charge on any atom is -0.353 e. The van der Waals surface area contributed by atoms with Crippen LogP contribution in [0.2, 0.25) is 0 Å². The highest BCUT2D eigenvalue weighted by Gasteiger charge is 2.35.